The van der Waals surface area contributed by atoms with Crippen molar-refractivity contribution >= 4 is 10.0 Å². The predicted octanol–water partition coefficient (Wildman–Crippen LogP) is 3.14. The van der Waals surface area contributed by atoms with Crippen molar-refractivity contribution in [2.75, 3.05) is 13.7 Å². The molecule has 0 bridgehead atoms. The van der Waals surface area contributed by atoms with E-state index in [0.29, 0.717) is 12.1 Å². The lowest BCUT2D eigenvalue weighted by molar-refractivity contribution is 0.414. The molecule has 0 spiro atoms. The second-order valence-corrected chi connectivity index (χ2v) is 9.55. The first kappa shape index (κ1) is 22.8. The third-order valence-corrected chi connectivity index (χ3v) is 6.88. The van der Waals surface area contributed by atoms with Gasteiger partial charge in [0.05, 0.1) is 17.7 Å². The van der Waals surface area contributed by atoms with Gasteiger partial charge >= 0.3 is 0 Å². The fourth-order valence-corrected chi connectivity index (χ4v) is 4.72. The topological polar surface area (TPSA) is 82.3 Å². The Kier molecular flexibility index (Phi) is 6.71. The highest BCUT2D eigenvalue weighted by Crippen LogP contribution is 2.19. The van der Waals surface area contributed by atoms with Crippen LogP contribution < -0.4 is 15.0 Å². The third-order valence-electron chi connectivity index (χ3n) is 5.41. The van der Waals surface area contributed by atoms with Crippen molar-refractivity contribution in [2.24, 2.45) is 7.05 Å². The van der Waals surface area contributed by atoms with E-state index in [-0.39, 0.29) is 22.9 Å². The predicted molar refractivity (Wildman–Crippen MR) is 122 cm³/mol. The molecule has 0 aliphatic carbocycles. The number of aromatic nitrogens is 2. The maximum Gasteiger partial charge on any atom is 0.275 e. The van der Waals surface area contributed by atoms with Crippen LogP contribution in [0.25, 0.3) is 5.69 Å². The molecule has 0 aliphatic rings. The summed E-state index contributed by atoms with van der Waals surface area (Å²) in [5, 5.41) is 0. The zero-order valence-electron chi connectivity index (χ0n) is 18.5. The van der Waals surface area contributed by atoms with Gasteiger partial charge in [0.15, 0.2) is 0 Å². The molecular formula is C23H29N3O4S. The number of sulfonamides is 1. The van der Waals surface area contributed by atoms with Gasteiger partial charge in [-0.2, -0.15) is 0 Å². The van der Waals surface area contributed by atoms with E-state index in [1.807, 2.05) is 52.1 Å². The molecular weight excluding hydrogens is 414 g/mol. The lowest BCUT2D eigenvalue weighted by Crippen LogP contribution is -2.26. The molecule has 7 nitrogen and oxygen atoms in total. The summed E-state index contributed by atoms with van der Waals surface area (Å²) >= 11 is 0. The minimum Gasteiger partial charge on any atom is -0.497 e. The summed E-state index contributed by atoms with van der Waals surface area (Å²) in [5.41, 5.74) is 3.19. The summed E-state index contributed by atoms with van der Waals surface area (Å²) in [4.78, 5) is 13.0. The monoisotopic (exact) mass is 443 g/mol. The quantitative estimate of drug-likeness (QED) is 0.580. The van der Waals surface area contributed by atoms with Gasteiger partial charge in [0, 0.05) is 24.8 Å². The molecule has 0 fully saturated rings. The smallest absolute Gasteiger partial charge is 0.275 e. The van der Waals surface area contributed by atoms with Gasteiger partial charge in [0.2, 0.25) is 10.0 Å². The maximum absolute atomic E-state index is 12.9. The molecule has 0 saturated carbocycles. The second kappa shape index (κ2) is 9.11. The van der Waals surface area contributed by atoms with Crippen LogP contribution >= 0.6 is 0 Å². The van der Waals surface area contributed by atoms with Gasteiger partial charge < -0.3 is 4.74 Å². The van der Waals surface area contributed by atoms with Gasteiger partial charge in [-0.3, -0.25) is 9.48 Å². The number of methoxy groups -OCH3 is 1. The molecule has 3 rings (SSSR count). The van der Waals surface area contributed by atoms with E-state index in [2.05, 4.69) is 4.72 Å². The van der Waals surface area contributed by atoms with Crippen LogP contribution in [0.2, 0.25) is 0 Å². The molecule has 0 atom stereocenters. The highest BCUT2D eigenvalue weighted by molar-refractivity contribution is 7.89. The standard InChI is InChI=1S/C23H29N3O4S/c1-16(2)22-17(3)25(4)26(23(22)27)19-9-11-21(12-10-19)31(28,29)24-14-13-18-7-6-8-20(15-18)30-5/h6-12,15-16,24H,13-14H2,1-5H3. The third kappa shape index (κ3) is 4.75. The summed E-state index contributed by atoms with van der Waals surface area (Å²) in [6.45, 7) is 6.16. The largest absolute Gasteiger partial charge is 0.497 e. The summed E-state index contributed by atoms with van der Waals surface area (Å²) in [7, 11) is -0.233. The minimum atomic E-state index is -3.66. The molecule has 0 aliphatic heterocycles. The van der Waals surface area contributed by atoms with E-state index in [0.717, 1.165) is 22.6 Å². The van der Waals surface area contributed by atoms with Crippen molar-refractivity contribution in [3.63, 3.8) is 0 Å². The Morgan fingerprint density at radius 3 is 2.35 bits per heavy atom. The number of hydrogen-bond acceptors (Lipinski definition) is 4. The number of benzene rings is 2. The van der Waals surface area contributed by atoms with E-state index < -0.39 is 10.0 Å². The number of rotatable bonds is 8. The van der Waals surface area contributed by atoms with Crippen LogP contribution in [-0.2, 0) is 23.5 Å². The average molecular weight is 444 g/mol. The first-order chi connectivity index (χ1) is 14.7. The first-order valence-corrected chi connectivity index (χ1v) is 11.7. The summed E-state index contributed by atoms with van der Waals surface area (Å²) in [6.07, 6.45) is 0.546. The van der Waals surface area contributed by atoms with Gasteiger partial charge in [0.1, 0.15) is 5.75 Å². The van der Waals surface area contributed by atoms with Crippen molar-refractivity contribution in [3.8, 4) is 11.4 Å². The van der Waals surface area contributed by atoms with E-state index in [4.69, 9.17) is 4.74 Å². The van der Waals surface area contributed by atoms with Crippen molar-refractivity contribution in [3.05, 3.63) is 75.7 Å². The van der Waals surface area contributed by atoms with E-state index in [1.54, 1.807) is 28.6 Å². The highest BCUT2D eigenvalue weighted by atomic mass is 32.2. The molecule has 1 aromatic heterocycles. The average Bonchev–Trinajstić information content (AvgIpc) is 2.96. The zero-order valence-corrected chi connectivity index (χ0v) is 19.4. The number of nitrogens with one attached hydrogen (secondary N) is 1. The van der Waals surface area contributed by atoms with Crippen LogP contribution in [0.4, 0.5) is 0 Å². The first-order valence-electron chi connectivity index (χ1n) is 10.2. The van der Waals surface area contributed by atoms with Gasteiger partial charge in [-0.25, -0.2) is 17.8 Å². The van der Waals surface area contributed by atoms with Crippen LogP contribution in [0, 0.1) is 6.92 Å². The van der Waals surface area contributed by atoms with Crippen LogP contribution in [0.15, 0.2) is 58.2 Å². The van der Waals surface area contributed by atoms with Crippen LogP contribution in [-0.4, -0.2) is 31.4 Å². The summed E-state index contributed by atoms with van der Waals surface area (Å²) in [5.74, 6) is 0.844. The number of ether oxygens (including phenoxy) is 1. The Balaban J connectivity index is 1.76. The number of nitrogens with zero attached hydrogens (tertiary/aromatic N) is 2. The molecule has 0 radical (unpaired) electrons. The molecule has 0 saturated heterocycles. The Morgan fingerprint density at radius 1 is 1.10 bits per heavy atom. The SMILES string of the molecule is COc1cccc(CCNS(=O)(=O)c2ccc(-n3c(=O)c(C(C)C)c(C)n3C)cc2)c1. The van der Waals surface area contributed by atoms with E-state index in [9.17, 15) is 13.2 Å². The van der Waals surface area contributed by atoms with E-state index in [1.165, 1.54) is 12.1 Å². The molecule has 1 N–H and O–H groups in total. The minimum absolute atomic E-state index is 0.0815. The van der Waals surface area contributed by atoms with Crippen molar-refractivity contribution in [1.29, 1.82) is 0 Å². The molecule has 1 heterocycles. The Bertz CT molecular complexity index is 1220. The second-order valence-electron chi connectivity index (χ2n) is 7.79. The normalized spacial score (nSPS) is 11.8. The highest BCUT2D eigenvalue weighted by Gasteiger charge is 2.19. The fourth-order valence-electron chi connectivity index (χ4n) is 3.69. The Labute approximate surface area is 183 Å². The van der Waals surface area contributed by atoms with Crippen molar-refractivity contribution in [1.82, 2.24) is 14.1 Å². The van der Waals surface area contributed by atoms with Crippen molar-refractivity contribution < 1.29 is 13.2 Å². The Hall–Kier alpha value is -2.84. The molecule has 0 unspecified atom stereocenters. The van der Waals surface area contributed by atoms with Gasteiger partial charge in [-0.05, 0) is 61.2 Å². The van der Waals surface area contributed by atoms with Crippen LogP contribution in [0.1, 0.15) is 36.6 Å². The lowest BCUT2D eigenvalue weighted by atomic mass is 10.0. The number of hydrogen-bond donors (Lipinski definition) is 1. The van der Waals surface area contributed by atoms with Gasteiger partial charge in [-0.15, -0.1) is 0 Å². The molecule has 3 aromatic rings. The fraction of sp³-hybridized carbons (Fsp3) is 0.348. The lowest BCUT2D eigenvalue weighted by Gasteiger charge is -2.11. The maximum atomic E-state index is 12.9. The Morgan fingerprint density at radius 2 is 1.77 bits per heavy atom. The summed E-state index contributed by atoms with van der Waals surface area (Å²) in [6, 6.07) is 13.9. The van der Waals surface area contributed by atoms with Gasteiger partial charge in [-0.1, -0.05) is 26.0 Å². The summed E-state index contributed by atoms with van der Waals surface area (Å²) < 4.78 is 36.5. The van der Waals surface area contributed by atoms with Gasteiger partial charge in [0.25, 0.3) is 5.56 Å². The molecule has 31 heavy (non-hydrogen) atoms. The molecule has 0 amide bonds. The van der Waals surface area contributed by atoms with Crippen LogP contribution in [0.3, 0.4) is 0 Å². The molecule has 166 valence electrons. The van der Waals surface area contributed by atoms with Crippen LogP contribution in [0.5, 0.6) is 5.75 Å². The molecule has 8 heteroatoms. The van der Waals surface area contributed by atoms with Crippen molar-refractivity contribution in [2.45, 2.75) is 38.0 Å². The zero-order chi connectivity index (χ0) is 22.8. The van der Waals surface area contributed by atoms with E-state index >= 15 is 0 Å². The molecule has 2 aromatic carbocycles.